The van der Waals surface area contributed by atoms with Crippen molar-refractivity contribution < 1.29 is 18.4 Å². The van der Waals surface area contributed by atoms with Gasteiger partial charge in [0.05, 0.1) is 27.6 Å². The maximum Gasteiger partial charge on any atom is 0.258 e. The zero-order valence-electron chi connectivity index (χ0n) is 17.8. The highest BCUT2D eigenvalue weighted by Gasteiger charge is 2.25. The van der Waals surface area contributed by atoms with Gasteiger partial charge in [-0.2, -0.15) is 0 Å². The van der Waals surface area contributed by atoms with Crippen LogP contribution in [0, 0.1) is 11.6 Å². The molecule has 1 aliphatic heterocycles. The summed E-state index contributed by atoms with van der Waals surface area (Å²) in [5, 5.41) is 2.57. The summed E-state index contributed by atoms with van der Waals surface area (Å²) >= 11 is 6.35. The number of anilines is 2. The van der Waals surface area contributed by atoms with Gasteiger partial charge >= 0.3 is 0 Å². The second-order valence-electron chi connectivity index (χ2n) is 7.82. The van der Waals surface area contributed by atoms with Gasteiger partial charge in [0, 0.05) is 30.4 Å². The van der Waals surface area contributed by atoms with Crippen molar-refractivity contribution in [3.63, 3.8) is 0 Å². The Morgan fingerprint density at radius 1 is 0.912 bits per heavy atom. The van der Waals surface area contributed by atoms with E-state index in [-0.39, 0.29) is 16.6 Å². The Bertz CT molecular complexity index is 1430. The molecule has 0 aliphatic carbocycles. The number of para-hydroxylation sites is 2. The number of amides is 2. The first-order valence-corrected chi connectivity index (χ1v) is 10.9. The van der Waals surface area contributed by atoms with E-state index in [1.807, 2.05) is 42.6 Å². The Labute approximate surface area is 199 Å². The van der Waals surface area contributed by atoms with Crippen LogP contribution in [0.4, 0.5) is 20.2 Å². The molecule has 1 aliphatic rings. The average molecular weight is 478 g/mol. The standard InChI is InChI=1S/C26H18ClF2N3O2/c27-19-15-16(10-11-21(19)30-25(33)18-6-3-7-20(28)24(18)29)26(34)32-14-12-17-5-4-13-31(17)22-8-1-2-9-23(22)32/h1-11,13,15H,12,14H2,(H,30,33). The monoisotopic (exact) mass is 477 g/mol. The van der Waals surface area contributed by atoms with E-state index in [9.17, 15) is 18.4 Å². The Morgan fingerprint density at radius 2 is 1.71 bits per heavy atom. The van der Waals surface area contributed by atoms with Crippen LogP contribution in [0.3, 0.4) is 0 Å². The molecule has 3 aromatic carbocycles. The normalized spacial score (nSPS) is 12.5. The topological polar surface area (TPSA) is 54.3 Å². The van der Waals surface area contributed by atoms with E-state index in [0.717, 1.165) is 23.1 Å². The lowest BCUT2D eigenvalue weighted by atomic mass is 10.1. The predicted octanol–water partition coefficient (Wildman–Crippen LogP) is 5.86. The van der Waals surface area contributed by atoms with Crippen molar-refractivity contribution in [2.45, 2.75) is 6.42 Å². The average Bonchev–Trinajstić information content (AvgIpc) is 3.25. The van der Waals surface area contributed by atoms with Crippen molar-refractivity contribution in [3.05, 3.63) is 112 Å². The number of rotatable bonds is 3. The number of aromatic nitrogens is 1. The lowest BCUT2D eigenvalue weighted by molar-refractivity contribution is 0.0986. The summed E-state index contributed by atoms with van der Waals surface area (Å²) in [5.74, 6) is -3.45. The van der Waals surface area contributed by atoms with Crippen LogP contribution in [0.1, 0.15) is 26.4 Å². The minimum atomic E-state index is -1.24. The molecule has 1 N–H and O–H groups in total. The third-order valence-corrected chi connectivity index (χ3v) is 6.08. The van der Waals surface area contributed by atoms with Gasteiger partial charge in [-0.1, -0.05) is 29.8 Å². The van der Waals surface area contributed by atoms with Crippen LogP contribution >= 0.6 is 11.6 Å². The number of fused-ring (bicyclic) bond motifs is 3. The van der Waals surface area contributed by atoms with Gasteiger partial charge < -0.3 is 14.8 Å². The van der Waals surface area contributed by atoms with E-state index in [1.165, 1.54) is 24.3 Å². The fourth-order valence-corrected chi connectivity index (χ4v) is 4.31. The molecular formula is C26H18ClF2N3O2. The largest absolute Gasteiger partial charge is 0.321 e. The van der Waals surface area contributed by atoms with Crippen LogP contribution in [-0.4, -0.2) is 22.9 Å². The van der Waals surface area contributed by atoms with Gasteiger partial charge in [0.2, 0.25) is 0 Å². The quantitative estimate of drug-likeness (QED) is 0.401. The zero-order chi connectivity index (χ0) is 23.8. The minimum Gasteiger partial charge on any atom is -0.321 e. The van der Waals surface area contributed by atoms with Crippen molar-refractivity contribution in [2.24, 2.45) is 0 Å². The smallest absolute Gasteiger partial charge is 0.258 e. The third-order valence-electron chi connectivity index (χ3n) is 5.76. The van der Waals surface area contributed by atoms with Crippen molar-refractivity contribution in [3.8, 4) is 5.69 Å². The van der Waals surface area contributed by atoms with Gasteiger partial charge in [-0.05, 0) is 54.6 Å². The molecule has 0 saturated carbocycles. The van der Waals surface area contributed by atoms with Crippen molar-refractivity contribution in [1.82, 2.24) is 4.57 Å². The van der Waals surface area contributed by atoms with Gasteiger partial charge in [-0.25, -0.2) is 8.78 Å². The molecule has 2 heterocycles. The van der Waals surface area contributed by atoms with Crippen molar-refractivity contribution in [1.29, 1.82) is 0 Å². The van der Waals surface area contributed by atoms with Crippen LogP contribution in [0.15, 0.2) is 79.0 Å². The molecule has 34 heavy (non-hydrogen) atoms. The van der Waals surface area contributed by atoms with Crippen molar-refractivity contribution in [2.75, 3.05) is 16.8 Å². The highest BCUT2D eigenvalue weighted by Crippen LogP contribution is 2.32. The third kappa shape index (κ3) is 3.84. The Morgan fingerprint density at radius 3 is 2.50 bits per heavy atom. The SMILES string of the molecule is O=C(Nc1ccc(C(=O)N2CCc3cccn3-c3ccccc32)cc1Cl)c1cccc(F)c1F. The fourth-order valence-electron chi connectivity index (χ4n) is 4.08. The molecule has 170 valence electrons. The number of benzene rings is 3. The summed E-state index contributed by atoms with van der Waals surface area (Å²) in [4.78, 5) is 27.6. The van der Waals surface area contributed by atoms with Gasteiger partial charge in [-0.15, -0.1) is 0 Å². The number of hydrogen-bond acceptors (Lipinski definition) is 2. The van der Waals surface area contributed by atoms with Crippen molar-refractivity contribution >= 4 is 34.8 Å². The summed E-state index contributed by atoms with van der Waals surface area (Å²) < 4.78 is 29.5. The summed E-state index contributed by atoms with van der Waals surface area (Å²) in [6.07, 6.45) is 2.65. The lowest BCUT2D eigenvalue weighted by Crippen LogP contribution is -2.32. The molecule has 4 aromatic rings. The zero-order valence-corrected chi connectivity index (χ0v) is 18.5. The Kier molecular flexibility index (Phi) is 5.63. The summed E-state index contributed by atoms with van der Waals surface area (Å²) in [5.41, 5.74) is 2.85. The minimum absolute atomic E-state index is 0.102. The van der Waals surface area contributed by atoms with E-state index in [2.05, 4.69) is 9.88 Å². The maximum atomic E-state index is 13.9. The Balaban J connectivity index is 1.41. The highest BCUT2D eigenvalue weighted by atomic mass is 35.5. The first-order valence-electron chi connectivity index (χ1n) is 10.6. The molecular weight excluding hydrogens is 460 g/mol. The summed E-state index contributed by atoms with van der Waals surface area (Å²) in [7, 11) is 0. The molecule has 0 atom stereocenters. The highest BCUT2D eigenvalue weighted by molar-refractivity contribution is 6.34. The molecule has 0 saturated heterocycles. The molecule has 0 unspecified atom stereocenters. The number of carbonyl (C=O) groups excluding carboxylic acids is 2. The van der Waals surface area contributed by atoms with Crippen LogP contribution in [-0.2, 0) is 6.42 Å². The van der Waals surface area contributed by atoms with E-state index >= 15 is 0 Å². The fraction of sp³-hybridized carbons (Fsp3) is 0.0769. The molecule has 5 nitrogen and oxygen atoms in total. The molecule has 0 spiro atoms. The molecule has 2 amide bonds. The molecule has 0 bridgehead atoms. The Hall–Kier alpha value is -3.97. The number of hydrogen-bond donors (Lipinski definition) is 1. The van der Waals surface area contributed by atoms with Gasteiger partial charge in [0.25, 0.3) is 11.8 Å². The lowest BCUT2D eigenvalue weighted by Gasteiger charge is -2.23. The first-order chi connectivity index (χ1) is 16.4. The summed E-state index contributed by atoms with van der Waals surface area (Å²) in [6, 6.07) is 19.5. The molecule has 8 heteroatoms. The number of halogens is 3. The number of carbonyl (C=O) groups is 2. The van der Waals surface area contributed by atoms with E-state index in [0.29, 0.717) is 18.5 Å². The second kappa shape index (κ2) is 8.76. The molecule has 1 aromatic heterocycles. The van der Waals surface area contributed by atoms with Gasteiger partial charge in [0.15, 0.2) is 11.6 Å². The van der Waals surface area contributed by atoms with Gasteiger partial charge in [-0.3, -0.25) is 9.59 Å². The predicted molar refractivity (Wildman–Crippen MR) is 127 cm³/mol. The van der Waals surface area contributed by atoms with Crippen LogP contribution in [0.2, 0.25) is 5.02 Å². The van der Waals surface area contributed by atoms with Gasteiger partial charge in [0.1, 0.15) is 0 Å². The molecule has 0 radical (unpaired) electrons. The van der Waals surface area contributed by atoms with E-state index < -0.39 is 23.1 Å². The number of nitrogens with zero attached hydrogens (tertiary/aromatic N) is 2. The maximum absolute atomic E-state index is 13.9. The first kappa shape index (κ1) is 21.9. The molecule has 5 rings (SSSR count). The second-order valence-corrected chi connectivity index (χ2v) is 8.22. The molecule has 0 fully saturated rings. The van der Waals surface area contributed by atoms with Crippen LogP contribution in [0.25, 0.3) is 5.69 Å². The van der Waals surface area contributed by atoms with E-state index in [1.54, 1.807) is 11.0 Å². The van der Waals surface area contributed by atoms with Crippen LogP contribution in [0.5, 0.6) is 0 Å². The van der Waals surface area contributed by atoms with Crippen LogP contribution < -0.4 is 10.2 Å². The van der Waals surface area contributed by atoms with E-state index in [4.69, 9.17) is 11.6 Å². The number of nitrogens with one attached hydrogen (secondary N) is 1. The summed E-state index contributed by atoms with van der Waals surface area (Å²) in [6.45, 7) is 0.481.